The first-order chi connectivity index (χ1) is 30.7. The predicted octanol–water partition coefficient (Wildman–Crippen LogP) is 7.96. The highest BCUT2D eigenvalue weighted by atomic mass is 16.8. The van der Waals surface area contributed by atoms with Crippen molar-refractivity contribution in [2.24, 2.45) is 11.8 Å². The van der Waals surface area contributed by atoms with Crippen LogP contribution in [0.4, 0.5) is 4.79 Å². The van der Waals surface area contributed by atoms with Crippen LogP contribution in [0, 0.1) is 11.8 Å². The fraction of sp³-hybridized carbons (Fsp3) is 0.625. The number of benzene rings is 2. The second-order valence-corrected chi connectivity index (χ2v) is 16.8. The normalized spacial score (nSPS) is 28.4. The fourth-order valence-electron chi connectivity index (χ4n) is 9.18. The average molecular weight is 881 g/mol. The number of esters is 1. The number of fused-ring (bicyclic) bond motifs is 4. The van der Waals surface area contributed by atoms with Gasteiger partial charge in [0.2, 0.25) is 12.5 Å². The Bertz CT molecular complexity index is 1870. The Hall–Kier alpha value is -4.38. The number of carbonyl (C=O) groups is 2. The lowest BCUT2D eigenvalue weighted by Gasteiger charge is -2.47. The SMILES string of the molecule is CCCCC/C=C\C/C=C\CCCCCCCCOC(=O)Oc1c(OC)cc([C@@H]2c3cc4c(cc3[C@@H](O[C@@H]3O[C@@H]5CO[C@@H](C)OC5[C@H](O)[C@H]3O)[C@H]3COC(=O)[C@H]23)OCO4)cc1OC. The average Bonchev–Trinajstić information content (AvgIpc) is 3.92. The second kappa shape index (κ2) is 22.5. The summed E-state index contributed by atoms with van der Waals surface area (Å²) in [6, 6.07) is 7.01. The van der Waals surface area contributed by atoms with Crippen LogP contribution in [-0.2, 0) is 33.2 Å². The number of methoxy groups -OCH3 is 2. The molecule has 0 radical (unpaired) electrons. The number of rotatable bonds is 21. The van der Waals surface area contributed by atoms with Gasteiger partial charge in [-0.15, -0.1) is 0 Å². The van der Waals surface area contributed by atoms with Crippen molar-refractivity contribution in [2.75, 3.05) is 40.8 Å². The molecule has 4 aliphatic heterocycles. The molecule has 1 aliphatic carbocycles. The van der Waals surface area contributed by atoms with Gasteiger partial charge in [-0.25, -0.2) is 4.79 Å². The lowest BCUT2D eigenvalue weighted by Crippen LogP contribution is -2.63. The molecule has 2 aromatic carbocycles. The minimum absolute atomic E-state index is 0.00115. The van der Waals surface area contributed by atoms with Crippen molar-refractivity contribution in [3.63, 3.8) is 0 Å². The van der Waals surface area contributed by atoms with E-state index in [-0.39, 0.29) is 43.9 Å². The summed E-state index contributed by atoms with van der Waals surface area (Å²) in [6.45, 7) is 4.28. The van der Waals surface area contributed by atoms with Gasteiger partial charge in [0, 0.05) is 11.8 Å². The van der Waals surface area contributed by atoms with E-state index < -0.39 is 73.0 Å². The van der Waals surface area contributed by atoms with Gasteiger partial charge in [-0.2, -0.15) is 0 Å². The molecule has 0 saturated carbocycles. The quantitative estimate of drug-likeness (QED) is 0.0534. The van der Waals surface area contributed by atoms with Gasteiger partial charge in [0.25, 0.3) is 0 Å². The predicted molar refractivity (Wildman–Crippen MR) is 228 cm³/mol. The number of aliphatic hydroxyl groups excluding tert-OH is 2. The smallest absolute Gasteiger partial charge is 0.493 e. The summed E-state index contributed by atoms with van der Waals surface area (Å²) in [7, 11) is 2.89. The molecule has 4 heterocycles. The maximum Gasteiger partial charge on any atom is 0.514 e. The number of hydrogen-bond donors (Lipinski definition) is 2. The summed E-state index contributed by atoms with van der Waals surface area (Å²) in [5.74, 6) is -1.10. The first-order valence-electron chi connectivity index (χ1n) is 22.7. The zero-order chi connectivity index (χ0) is 44.3. The summed E-state index contributed by atoms with van der Waals surface area (Å²) >= 11 is 0. The molecule has 3 saturated heterocycles. The van der Waals surface area contributed by atoms with Crippen LogP contribution in [0.5, 0.6) is 28.7 Å². The maximum atomic E-state index is 13.8. The third-order valence-electron chi connectivity index (χ3n) is 12.5. The van der Waals surface area contributed by atoms with E-state index >= 15 is 0 Å². The zero-order valence-corrected chi connectivity index (χ0v) is 36.9. The van der Waals surface area contributed by atoms with E-state index in [1.807, 2.05) is 6.07 Å². The van der Waals surface area contributed by atoms with Gasteiger partial charge in [0.1, 0.15) is 24.4 Å². The van der Waals surface area contributed by atoms with Crippen molar-refractivity contribution in [1.29, 1.82) is 0 Å². The molecule has 15 nitrogen and oxygen atoms in total. The second-order valence-electron chi connectivity index (χ2n) is 16.8. The lowest BCUT2D eigenvalue weighted by atomic mass is 9.66. The van der Waals surface area contributed by atoms with E-state index in [4.69, 9.17) is 52.1 Å². The fourth-order valence-corrected chi connectivity index (χ4v) is 9.18. The van der Waals surface area contributed by atoms with Gasteiger partial charge in [-0.05, 0) is 86.4 Å². The van der Waals surface area contributed by atoms with E-state index in [1.54, 1.807) is 25.1 Å². The third-order valence-corrected chi connectivity index (χ3v) is 12.5. The van der Waals surface area contributed by atoms with Crippen LogP contribution in [0.2, 0.25) is 0 Å². The minimum Gasteiger partial charge on any atom is -0.493 e. The number of allylic oxidation sites excluding steroid dienone is 4. The van der Waals surface area contributed by atoms with E-state index in [2.05, 4.69) is 31.2 Å². The number of ether oxygens (including phenoxy) is 11. The summed E-state index contributed by atoms with van der Waals surface area (Å²) in [4.78, 5) is 26.8. The first kappa shape index (κ1) is 46.6. The van der Waals surface area contributed by atoms with Crippen LogP contribution in [-0.4, -0.2) is 100 Å². The molecule has 0 amide bonds. The Labute approximate surface area is 369 Å². The van der Waals surface area contributed by atoms with E-state index in [0.717, 1.165) is 32.1 Å². The molecule has 63 heavy (non-hydrogen) atoms. The molecule has 3 fully saturated rings. The summed E-state index contributed by atoms with van der Waals surface area (Å²) in [5, 5.41) is 22.3. The molecule has 2 N–H and O–H groups in total. The summed E-state index contributed by atoms with van der Waals surface area (Å²) in [6.07, 6.45) is 14.4. The molecule has 1 unspecified atom stereocenters. The van der Waals surface area contributed by atoms with Crippen LogP contribution in [0.25, 0.3) is 0 Å². The highest BCUT2D eigenvalue weighted by Gasteiger charge is 2.56. The van der Waals surface area contributed by atoms with Crippen LogP contribution in [0.15, 0.2) is 48.6 Å². The third kappa shape index (κ3) is 11.1. The van der Waals surface area contributed by atoms with Gasteiger partial charge in [0.15, 0.2) is 35.6 Å². The Morgan fingerprint density at radius 3 is 2.16 bits per heavy atom. The van der Waals surface area contributed by atoms with Gasteiger partial charge in [-0.1, -0.05) is 69.8 Å². The monoisotopic (exact) mass is 880 g/mol. The number of hydrogen-bond acceptors (Lipinski definition) is 15. The number of unbranched alkanes of at least 4 members (excludes halogenated alkanes) is 9. The molecule has 0 bridgehead atoms. The van der Waals surface area contributed by atoms with Gasteiger partial charge >= 0.3 is 12.1 Å². The standard InChI is InChI=1S/C48H64O15/c1-5-6-7-8-9-10-11-12-13-14-15-16-17-18-19-20-21-55-48(52)63-44-36(53-3)22-30(23-37(44)54-4)39-31-24-34-35(59-28-58-34)25-32(31)43(33-26-57-46(51)40(33)39)62-47-42(50)41(49)45-38(61-47)27-56-29(2)60-45/h9-10,12-13,22-25,29,33,38-43,45,47,49-50H,5-8,11,14-21,26-28H2,1-4H3/b10-9-,13-12-/t29-,33+,38-,39-,40+,41-,42-,43-,45?,47+/m1/s1. The van der Waals surface area contributed by atoms with Crippen LogP contribution in [0.3, 0.4) is 0 Å². The van der Waals surface area contributed by atoms with E-state index in [1.165, 1.54) is 52.7 Å². The Balaban J connectivity index is 0.984. The molecule has 15 heteroatoms. The topological polar surface area (TPSA) is 176 Å². The molecular weight excluding hydrogens is 817 g/mol. The number of cyclic esters (lactones) is 1. The molecule has 10 atom stereocenters. The van der Waals surface area contributed by atoms with Crippen LogP contribution < -0.4 is 23.7 Å². The van der Waals surface area contributed by atoms with Crippen molar-refractivity contribution in [1.82, 2.24) is 0 Å². The largest absolute Gasteiger partial charge is 0.514 e. The van der Waals surface area contributed by atoms with Gasteiger partial charge < -0.3 is 62.3 Å². The van der Waals surface area contributed by atoms with E-state index in [0.29, 0.717) is 34.6 Å². The zero-order valence-electron chi connectivity index (χ0n) is 36.9. The van der Waals surface area contributed by atoms with Crippen molar-refractivity contribution < 1.29 is 71.9 Å². The first-order valence-corrected chi connectivity index (χ1v) is 22.7. The van der Waals surface area contributed by atoms with Gasteiger partial charge in [-0.3, -0.25) is 4.79 Å². The Morgan fingerprint density at radius 2 is 1.46 bits per heavy atom. The molecule has 0 aromatic heterocycles. The number of aliphatic hydroxyl groups is 2. The highest BCUT2D eigenvalue weighted by Crippen LogP contribution is 2.57. The molecule has 5 aliphatic rings. The summed E-state index contributed by atoms with van der Waals surface area (Å²) < 4.78 is 64.0. The molecule has 346 valence electrons. The molecule has 7 rings (SSSR count). The van der Waals surface area contributed by atoms with E-state index in [9.17, 15) is 19.8 Å². The number of carbonyl (C=O) groups excluding carboxylic acids is 2. The minimum atomic E-state index is -1.47. The Kier molecular flexibility index (Phi) is 16.6. The molecular formula is C48H64O15. The lowest BCUT2D eigenvalue weighted by molar-refractivity contribution is -0.364. The van der Waals surface area contributed by atoms with Crippen molar-refractivity contribution >= 4 is 12.1 Å². The Morgan fingerprint density at radius 1 is 0.794 bits per heavy atom. The van der Waals surface area contributed by atoms with Crippen molar-refractivity contribution in [3.8, 4) is 28.7 Å². The van der Waals surface area contributed by atoms with Crippen molar-refractivity contribution in [2.45, 2.75) is 140 Å². The highest BCUT2D eigenvalue weighted by molar-refractivity contribution is 5.79. The molecule has 2 aromatic rings. The van der Waals surface area contributed by atoms with Gasteiger partial charge in [0.05, 0.1) is 46.1 Å². The molecule has 0 spiro atoms. The van der Waals surface area contributed by atoms with Crippen LogP contribution in [0.1, 0.15) is 120 Å². The van der Waals surface area contributed by atoms with Crippen molar-refractivity contribution in [3.05, 3.63) is 65.3 Å². The summed E-state index contributed by atoms with van der Waals surface area (Å²) in [5.41, 5.74) is 1.92. The maximum absolute atomic E-state index is 13.8. The van der Waals surface area contributed by atoms with Crippen LogP contribution >= 0.6 is 0 Å².